The molecule has 0 rings (SSSR count). The van der Waals surface area contributed by atoms with E-state index in [4.69, 9.17) is 10.4 Å². The van der Waals surface area contributed by atoms with Crippen molar-refractivity contribution >= 4 is 5.97 Å². The van der Waals surface area contributed by atoms with Crippen LogP contribution < -0.4 is 0 Å². The Hall–Kier alpha value is -1.08. The number of carbonyl (C=O) groups is 1. The standard InChI is InChI=1S/C11H20N2O2/c1-11(2,9-12)6-4-7-13(3)8-5-10(14)15/h4-8H2,1-3H3,(H,14,15). The maximum atomic E-state index is 10.3. The molecule has 0 radical (unpaired) electrons. The second kappa shape index (κ2) is 6.41. The Morgan fingerprint density at radius 2 is 2.07 bits per heavy atom. The fourth-order valence-electron chi connectivity index (χ4n) is 1.25. The average Bonchev–Trinajstić information content (AvgIpc) is 2.14. The molecule has 0 fully saturated rings. The van der Waals surface area contributed by atoms with E-state index in [1.54, 1.807) is 0 Å². The molecule has 0 aromatic heterocycles. The summed E-state index contributed by atoms with van der Waals surface area (Å²) in [5.41, 5.74) is -0.270. The van der Waals surface area contributed by atoms with Crippen molar-refractivity contribution in [1.82, 2.24) is 4.90 Å². The Kier molecular flexibility index (Phi) is 5.95. The smallest absolute Gasteiger partial charge is 0.304 e. The van der Waals surface area contributed by atoms with Crippen molar-refractivity contribution in [2.45, 2.75) is 33.1 Å². The van der Waals surface area contributed by atoms with Gasteiger partial charge in [0.25, 0.3) is 0 Å². The lowest BCUT2D eigenvalue weighted by atomic mass is 9.90. The van der Waals surface area contributed by atoms with Gasteiger partial charge in [-0.25, -0.2) is 0 Å². The fourth-order valence-corrected chi connectivity index (χ4v) is 1.25. The second-order valence-corrected chi connectivity index (χ2v) is 4.55. The summed E-state index contributed by atoms with van der Waals surface area (Å²) in [4.78, 5) is 12.3. The van der Waals surface area contributed by atoms with Gasteiger partial charge in [0.1, 0.15) is 0 Å². The number of hydrogen-bond donors (Lipinski definition) is 1. The summed E-state index contributed by atoms with van der Waals surface area (Å²) in [6.07, 6.45) is 1.95. The monoisotopic (exact) mass is 212 g/mol. The van der Waals surface area contributed by atoms with E-state index < -0.39 is 5.97 Å². The zero-order valence-corrected chi connectivity index (χ0v) is 9.79. The predicted molar refractivity (Wildman–Crippen MR) is 58.4 cm³/mol. The average molecular weight is 212 g/mol. The summed E-state index contributed by atoms with van der Waals surface area (Å²) < 4.78 is 0. The summed E-state index contributed by atoms with van der Waals surface area (Å²) in [6, 6.07) is 2.25. The van der Waals surface area contributed by atoms with Gasteiger partial charge >= 0.3 is 5.97 Å². The van der Waals surface area contributed by atoms with Gasteiger partial charge < -0.3 is 10.0 Å². The number of nitriles is 1. The van der Waals surface area contributed by atoms with Crippen molar-refractivity contribution < 1.29 is 9.90 Å². The van der Waals surface area contributed by atoms with Gasteiger partial charge in [0, 0.05) is 6.54 Å². The molecule has 0 bridgehead atoms. The number of carboxylic acid groups (broad SMARTS) is 1. The molecule has 0 aliphatic carbocycles. The third-order valence-electron chi connectivity index (χ3n) is 2.35. The van der Waals surface area contributed by atoms with Crippen LogP contribution in [0, 0.1) is 16.7 Å². The normalized spacial score (nSPS) is 11.4. The maximum absolute atomic E-state index is 10.3. The highest BCUT2D eigenvalue weighted by atomic mass is 16.4. The van der Waals surface area contributed by atoms with Crippen molar-refractivity contribution in [3.8, 4) is 6.07 Å². The number of nitrogens with zero attached hydrogens (tertiary/aromatic N) is 2. The minimum atomic E-state index is -0.765. The summed E-state index contributed by atoms with van der Waals surface area (Å²) in [7, 11) is 1.91. The topological polar surface area (TPSA) is 64.3 Å². The lowest BCUT2D eigenvalue weighted by Crippen LogP contribution is -2.24. The maximum Gasteiger partial charge on any atom is 0.304 e. The van der Waals surface area contributed by atoms with Gasteiger partial charge in [-0.2, -0.15) is 5.26 Å². The van der Waals surface area contributed by atoms with Gasteiger partial charge in [-0.05, 0) is 40.3 Å². The largest absolute Gasteiger partial charge is 0.481 e. The van der Waals surface area contributed by atoms with Crippen LogP contribution in [0.25, 0.3) is 0 Å². The van der Waals surface area contributed by atoms with Crippen LogP contribution >= 0.6 is 0 Å². The van der Waals surface area contributed by atoms with Crippen LogP contribution in [-0.4, -0.2) is 36.1 Å². The van der Waals surface area contributed by atoms with Crippen LogP contribution in [-0.2, 0) is 4.79 Å². The molecule has 0 aliphatic heterocycles. The Morgan fingerprint density at radius 1 is 1.47 bits per heavy atom. The van der Waals surface area contributed by atoms with Gasteiger partial charge in [-0.15, -0.1) is 0 Å². The van der Waals surface area contributed by atoms with Crippen LogP contribution in [0.3, 0.4) is 0 Å². The zero-order valence-electron chi connectivity index (χ0n) is 9.79. The summed E-state index contributed by atoms with van der Waals surface area (Å²) in [5.74, 6) is -0.765. The first-order valence-electron chi connectivity index (χ1n) is 5.19. The van der Waals surface area contributed by atoms with Crippen LogP contribution in [0.4, 0.5) is 0 Å². The van der Waals surface area contributed by atoms with E-state index in [-0.39, 0.29) is 11.8 Å². The first kappa shape index (κ1) is 13.9. The van der Waals surface area contributed by atoms with Gasteiger partial charge in [0.2, 0.25) is 0 Å². The molecule has 0 aromatic carbocycles. The molecule has 0 saturated heterocycles. The zero-order chi connectivity index (χ0) is 11.9. The Balaban J connectivity index is 3.60. The van der Waals surface area contributed by atoms with Gasteiger partial charge in [-0.3, -0.25) is 4.79 Å². The molecule has 1 N–H and O–H groups in total. The van der Waals surface area contributed by atoms with Crippen molar-refractivity contribution in [2.24, 2.45) is 5.41 Å². The van der Waals surface area contributed by atoms with Crippen LogP contribution in [0.5, 0.6) is 0 Å². The van der Waals surface area contributed by atoms with Crippen molar-refractivity contribution in [3.05, 3.63) is 0 Å². The Morgan fingerprint density at radius 3 is 2.53 bits per heavy atom. The second-order valence-electron chi connectivity index (χ2n) is 4.55. The quantitative estimate of drug-likeness (QED) is 0.698. The molecule has 0 atom stereocenters. The van der Waals surface area contributed by atoms with Gasteiger partial charge in [0.05, 0.1) is 17.9 Å². The molecule has 0 aromatic rings. The van der Waals surface area contributed by atoms with E-state index in [0.717, 1.165) is 19.4 Å². The van der Waals surface area contributed by atoms with Crippen LogP contribution in [0.2, 0.25) is 0 Å². The molecule has 0 saturated carbocycles. The van der Waals surface area contributed by atoms with E-state index in [2.05, 4.69) is 6.07 Å². The Labute approximate surface area is 91.5 Å². The predicted octanol–water partition coefficient (Wildman–Crippen LogP) is 1.72. The highest BCUT2D eigenvalue weighted by Gasteiger charge is 2.15. The molecule has 4 nitrogen and oxygen atoms in total. The number of carboxylic acids is 1. The minimum Gasteiger partial charge on any atom is -0.481 e. The highest BCUT2D eigenvalue weighted by Crippen LogP contribution is 2.20. The lowest BCUT2D eigenvalue weighted by molar-refractivity contribution is -0.137. The van der Waals surface area contributed by atoms with E-state index in [1.807, 2.05) is 25.8 Å². The first-order chi connectivity index (χ1) is 6.87. The van der Waals surface area contributed by atoms with E-state index >= 15 is 0 Å². The molecule has 4 heteroatoms. The summed E-state index contributed by atoms with van der Waals surface area (Å²) in [6.45, 7) is 5.26. The molecule has 0 spiro atoms. The fraction of sp³-hybridized carbons (Fsp3) is 0.818. The molecule has 86 valence electrons. The van der Waals surface area contributed by atoms with Crippen molar-refractivity contribution in [2.75, 3.05) is 20.1 Å². The number of aliphatic carboxylic acids is 1. The molecule has 0 aliphatic rings. The molecule has 15 heavy (non-hydrogen) atoms. The van der Waals surface area contributed by atoms with Crippen molar-refractivity contribution in [1.29, 1.82) is 5.26 Å². The molecule has 0 heterocycles. The van der Waals surface area contributed by atoms with Gasteiger partial charge in [0.15, 0.2) is 0 Å². The molecular formula is C11H20N2O2. The third kappa shape index (κ3) is 7.95. The third-order valence-corrected chi connectivity index (χ3v) is 2.35. The van der Waals surface area contributed by atoms with Crippen LogP contribution in [0.15, 0.2) is 0 Å². The molecular weight excluding hydrogens is 192 g/mol. The Bertz CT molecular complexity index is 243. The summed E-state index contributed by atoms with van der Waals surface area (Å²) >= 11 is 0. The molecule has 0 unspecified atom stereocenters. The lowest BCUT2D eigenvalue weighted by Gasteiger charge is -2.19. The summed E-state index contributed by atoms with van der Waals surface area (Å²) in [5, 5.41) is 17.3. The van der Waals surface area contributed by atoms with E-state index in [0.29, 0.717) is 6.54 Å². The van der Waals surface area contributed by atoms with Crippen molar-refractivity contribution in [3.63, 3.8) is 0 Å². The van der Waals surface area contributed by atoms with E-state index in [9.17, 15) is 4.79 Å². The molecule has 0 amide bonds. The minimum absolute atomic E-state index is 0.179. The first-order valence-corrected chi connectivity index (χ1v) is 5.19. The highest BCUT2D eigenvalue weighted by molar-refractivity contribution is 5.66. The van der Waals surface area contributed by atoms with Gasteiger partial charge in [-0.1, -0.05) is 0 Å². The van der Waals surface area contributed by atoms with Crippen LogP contribution in [0.1, 0.15) is 33.1 Å². The SMILES string of the molecule is CN(CCCC(C)(C)C#N)CCC(=O)O. The number of hydrogen-bond acceptors (Lipinski definition) is 3. The van der Waals surface area contributed by atoms with E-state index in [1.165, 1.54) is 0 Å². The number of rotatable bonds is 7.